The largest absolute Gasteiger partial charge is 0.389 e. The smallest absolute Gasteiger partial charge is 0.0762 e. The monoisotopic (exact) mass is 312 g/mol. The average molecular weight is 313 g/mol. The molecule has 1 aromatic rings. The Hall–Kier alpha value is -0.580. The van der Waals surface area contributed by atoms with E-state index >= 15 is 0 Å². The molecule has 1 aliphatic heterocycles. The predicted molar refractivity (Wildman–Crippen MR) is 79.1 cm³/mol. The lowest BCUT2D eigenvalue weighted by Gasteiger charge is -2.24. The van der Waals surface area contributed by atoms with E-state index in [4.69, 9.17) is 0 Å². The van der Waals surface area contributed by atoms with Crippen LogP contribution in [0.25, 0.3) is 0 Å². The highest BCUT2D eigenvalue weighted by atomic mass is 79.9. The molecular weight excluding hydrogens is 292 g/mol. The maximum atomic E-state index is 9.59. The molecule has 1 N–H and O–H groups in total. The minimum Gasteiger partial charge on any atom is -0.389 e. The van der Waals surface area contributed by atoms with Crippen molar-refractivity contribution in [3.05, 3.63) is 28.2 Å². The van der Waals surface area contributed by atoms with Crippen molar-refractivity contribution in [2.75, 3.05) is 38.1 Å². The third-order valence-corrected chi connectivity index (χ3v) is 4.15. The molecule has 100 valence electrons. The van der Waals surface area contributed by atoms with Crippen LogP contribution >= 0.6 is 15.9 Å². The topological polar surface area (TPSA) is 26.7 Å². The number of halogens is 1. The summed E-state index contributed by atoms with van der Waals surface area (Å²) in [5.74, 6) is 0. The third kappa shape index (κ3) is 3.25. The van der Waals surface area contributed by atoms with Crippen molar-refractivity contribution in [3.63, 3.8) is 0 Å². The first-order valence-corrected chi connectivity index (χ1v) is 7.28. The molecule has 0 saturated carbocycles. The average Bonchev–Trinajstić information content (AvgIpc) is 2.54. The Morgan fingerprint density at radius 3 is 2.67 bits per heavy atom. The van der Waals surface area contributed by atoms with Crippen LogP contribution in [0.5, 0.6) is 0 Å². The van der Waals surface area contributed by atoms with Gasteiger partial charge in [0.1, 0.15) is 0 Å². The van der Waals surface area contributed by atoms with Crippen LogP contribution in [0.1, 0.15) is 25.0 Å². The second-order valence-corrected chi connectivity index (χ2v) is 5.89. The summed E-state index contributed by atoms with van der Waals surface area (Å²) in [6.45, 7) is 6.22. The van der Waals surface area contributed by atoms with Gasteiger partial charge >= 0.3 is 0 Å². The van der Waals surface area contributed by atoms with E-state index < -0.39 is 6.10 Å². The second-order valence-electron chi connectivity index (χ2n) is 5.03. The molecule has 1 fully saturated rings. The van der Waals surface area contributed by atoms with Crippen molar-refractivity contribution in [2.45, 2.75) is 19.4 Å². The van der Waals surface area contributed by atoms with Crippen molar-refractivity contribution >= 4 is 21.6 Å². The Balaban J connectivity index is 2.17. The van der Waals surface area contributed by atoms with Crippen LogP contribution < -0.4 is 4.90 Å². The first-order valence-electron chi connectivity index (χ1n) is 6.49. The molecule has 1 atom stereocenters. The molecule has 3 nitrogen and oxygen atoms in total. The van der Waals surface area contributed by atoms with Crippen molar-refractivity contribution in [1.82, 2.24) is 4.90 Å². The normalized spacial score (nSPS) is 19.7. The van der Waals surface area contributed by atoms with E-state index in [1.54, 1.807) is 6.92 Å². The molecule has 18 heavy (non-hydrogen) atoms. The fraction of sp³-hybridized carbons (Fsp3) is 0.571. The van der Waals surface area contributed by atoms with Gasteiger partial charge in [-0.3, -0.25) is 0 Å². The number of anilines is 1. The molecule has 0 aliphatic carbocycles. The summed E-state index contributed by atoms with van der Waals surface area (Å²) in [7, 11) is 2.18. The maximum absolute atomic E-state index is 9.59. The zero-order valence-electron chi connectivity index (χ0n) is 11.1. The predicted octanol–water partition coefficient (Wildman–Crippen LogP) is 2.64. The van der Waals surface area contributed by atoms with E-state index in [2.05, 4.69) is 38.8 Å². The number of aliphatic hydroxyl groups is 1. The first-order chi connectivity index (χ1) is 8.58. The summed E-state index contributed by atoms with van der Waals surface area (Å²) < 4.78 is 1.07. The highest BCUT2D eigenvalue weighted by Crippen LogP contribution is 2.30. The lowest BCUT2D eigenvalue weighted by atomic mass is 10.1. The molecule has 1 heterocycles. The van der Waals surface area contributed by atoms with E-state index in [-0.39, 0.29) is 0 Å². The number of hydrogen-bond acceptors (Lipinski definition) is 3. The fourth-order valence-corrected chi connectivity index (χ4v) is 2.97. The number of likely N-dealkylation sites (N-methyl/N-ethyl adjacent to an activating group) is 1. The summed E-state index contributed by atoms with van der Waals surface area (Å²) in [4.78, 5) is 4.79. The van der Waals surface area contributed by atoms with Gasteiger partial charge in [-0.05, 0) is 60.6 Å². The van der Waals surface area contributed by atoms with Gasteiger partial charge in [0.2, 0.25) is 0 Å². The minimum atomic E-state index is -0.411. The van der Waals surface area contributed by atoms with E-state index in [1.807, 2.05) is 12.1 Å². The van der Waals surface area contributed by atoms with Crippen LogP contribution in [-0.4, -0.2) is 43.2 Å². The van der Waals surface area contributed by atoms with Gasteiger partial charge in [-0.2, -0.15) is 0 Å². The molecule has 1 saturated heterocycles. The Kier molecular flexibility index (Phi) is 4.65. The quantitative estimate of drug-likeness (QED) is 0.909. The second kappa shape index (κ2) is 6.04. The Morgan fingerprint density at radius 2 is 2.00 bits per heavy atom. The van der Waals surface area contributed by atoms with Gasteiger partial charge in [0.05, 0.1) is 11.8 Å². The molecule has 2 rings (SSSR count). The Morgan fingerprint density at radius 1 is 1.22 bits per heavy atom. The third-order valence-electron chi connectivity index (χ3n) is 3.51. The van der Waals surface area contributed by atoms with Gasteiger partial charge in [-0.1, -0.05) is 6.07 Å². The molecule has 1 aliphatic rings. The van der Waals surface area contributed by atoms with Crippen LogP contribution in [0.15, 0.2) is 22.7 Å². The van der Waals surface area contributed by atoms with Crippen molar-refractivity contribution < 1.29 is 5.11 Å². The molecule has 0 spiro atoms. The summed E-state index contributed by atoms with van der Waals surface area (Å²) in [6, 6.07) is 6.14. The zero-order valence-corrected chi connectivity index (χ0v) is 12.7. The summed E-state index contributed by atoms with van der Waals surface area (Å²) in [6.07, 6.45) is 0.784. The van der Waals surface area contributed by atoms with Gasteiger partial charge < -0.3 is 14.9 Å². The molecule has 0 radical (unpaired) electrons. The Labute approximate surface area is 118 Å². The summed E-state index contributed by atoms with van der Waals surface area (Å²) in [5, 5.41) is 9.59. The highest BCUT2D eigenvalue weighted by molar-refractivity contribution is 9.10. The van der Waals surface area contributed by atoms with Crippen molar-refractivity contribution in [3.8, 4) is 0 Å². The summed E-state index contributed by atoms with van der Waals surface area (Å²) in [5.41, 5.74) is 2.19. The molecular formula is C14H21BrN2O. The highest BCUT2D eigenvalue weighted by Gasteiger charge is 2.15. The SMILES string of the molecule is C[C@H](O)c1ccc(N2CCCN(C)CC2)c(Br)c1. The van der Waals surface area contributed by atoms with Crippen LogP contribution in [-0.2, 0) is 0 Å². The number of nitrogens with zero attached hydrogens (tertiary/aromatic N) is 2. The lowest BCUT2D eigenvalue weighted by Crippen LogP contribution is -2.28. The van der Waals surface area contributed by atoms with Crippen LogP contribution in [0.3, 0.4) is 0 Å². The van der Waals surface area contributed by atoms with Crippen LogP contribution in [0.2, 0.25) is 0 Å². The number of hydrogen-bond donors (Lipinski definition) is 1. The van der Waals surface area contributed by atoms with Crippen LogP contribution in [0, 0.1) is 0 Å². The van der Waals surface area contributed by atoms with Gasteiger partial charge in [0.25, 0.3) is 0 Å². The van der Waals surface area contributed by atoms with Crippen LogP contribution in [0.4, 0.5) is 5.69 Å². The lowest BCUT2D eigenvalue weighted by molar-refractivity contribution is 0.199. The first kappa shape index (κ1) is 13.8. The molecule has 0 bridgehead atoms. The zero-order chi connectivity index (χ0) is 13.1. The van der Waals surface area contributed by atoms with Gasteiger partial charge in [0.15, 0.2) is 0 Å². The maximum Gasteiger partial charge on any atom is 0.0762 e. The fourth-order valence-electron chi connectivity index (χ4n) is 2.33. The van der Waals surface area contributed by atoms with Crippen molar-refractivity contribution in [1.29, 1.82) is 0 Å². The molecule has 4 heteroatoms. The Bertz CT molecular complexity index is 409. The van der Waals surface area contributed by atoms with Gasteiger partial charge in [-0.25, -0.2) is 0 Å². The van der Waals surface area contributed by atoms with E-state index in [0.717, 1.165) is 29.7 Å². The number of benzene rings is 1. The molecule has 0 amide bonds. The molecule has 0 aromatic heterocycles. The van der Waals surface area contributed by atoms with E-state index in [9.17, 15) is 5.11 Å². The van der Waals surface area contributed by atoms with E-state index in [1.165, 1.54) is 18.7 Å². The molecule has 0 unspecified atom stereocenters. The molecule has 1 aromatic carbocycles. The number of rotatable bonds is 2. The standard InChI is InChI=1S/C14H21BrN2O/c1-11(18)12-4-5-14(13(15)10-12)17-7-3-6-16(2)8-9-17/h4-5,10-11,18H,3,6-9H2,1-2H3/t11-/m0/s1. The van der Waals surface area contributed by atoms with Gasteiger partial charge in [0, 0.05) is 24.1 Å². The number of aliphatic hydroxyl groups excluding tert-OH is 1. The van der Waals surface area contributed by atoms with Crippen molar-refractivity contribution in [2.24, 2.45) is 0 Å². The minimum absolute atomic E-state index is 0.411. The van der Waals surface area contributed by atoms with E-state index in [0.29, 0.717) is 0 Å². The summed E-state index contributed by atoms with van der Waals surface area (Å²) >= 11 is 3.63. The van der Waals surface area contributed by atoms with Gasteiger partial charge in [-0.15, -0.1) is 0 Å².